The molecule has 0 spiro atoms. The summed E-state index contributed by atoms with van der Waals surface area (Å²) in [6.45, 7) is 1.81. The fraction of sp³-hybridized carbons (Fsp3) is 0.0625. The summed E-state index contributed by atoms with van der Waals surface area (Å²) in [7, 11) is 0. The molecule has 0 aromatic heterocycles. The number of carboxylic acids is 1. The van der Waals surface area contributed by atoms with Crippen molar-refractivity contribution in [1.82, 2.24) is 5.32 Å². The highest BCUT2D eigenvalue weighted by Gasteiger charge is 2.12. The Kier molecular flexibility index (Phi) is 5.46. The van der Waals surface area contributed by atoms with Gasteiger partial charge in [-0.25, -0.2) is 4.79 Å². The summed E-state index contributed by atoms with van der Waals surface area (Å²) < 4.78 is 0.657. The number of benzene rings is 2. The van der Waals surface area contributed by atoms with Crippen molar-refractivity contribution in [2.75, 3.05) is 5.32 Å². The Morgan fingerprint density at radius 2 is 1.87 bits per heavy atom. The Bertz CT molecular complexity index is 793. The Hall–Kier alpha value is -2.25. The molecule has 1 amide bonds. The van der Waals surface area contributed by atoms with Crippen molar-refractivity contribution in [3.8, 4) is 0 Å². The molecule has 2 rings (SSSR count). The molecule has 23 heavy (non-hydrogen) atoms. The van der Waals surface area contributed by atoms with Gasteiger partial charge in [0.25, 0.3) is 5.91 Å². The molecular weight excluding hydrogens is 380 g/mol. The summed E-state index contributed by atoms with van der Waals surface area (Å²) in [4.78, 5) is 23.2. The van der Waals surface area contributed by atoms with E-state index >= 15 is 0 Å². The molecule has 0 fully saturated rings. The number of thiocarbonyl (C=S) groups is 1. The topological polar surface area (TPSA) is 78.4 Å². The van der Waals surface area contributed by atoms with E-state index in [0.29, 0.717) is 15.7 Å². The van der Waals surface area contributed by atoms with Crippen molar-refractivity contribution in [3.63, 3.8) is 0 Å². The minimum absolute atomic E-state index is 0.0939. The number of anilines is 1. The first-order valence-corrected chi connectivity index (χ1v) is 7.79. The van der Waals surface area contributed by atoms with Gasteiger partial charge in [0.05, 0.1) is 11.1 Å². The summed E-state index contributed by atoms with van der Waals surface area (Å²) in [5.74, 6) is -1.39. The average Bonchev–Trinajstić information content (AvgIpc) is 2.49. The number of amides is 1. The van der Waals surface area contributed by atoms with Crippen molar-refractivity contribution >= 4 is 50.8 Å². The molecule has 2 aromatic rings. The van der Waals surface area contributed by atoms with Gasteiger partial charge in [-0.1, -0.05) is 18.2 Å². The van der Waals surface area contributed by atoms with Crippen molar-refractivity contribution in [3.05, 3.63) is 63.6 Å². The molecule has 5 nitrogen and oxygen atoms in total. The van der Waals surface area contributed by atoms with Crippen LogP contribution in [0.25, 0.3) is 0 Å². The highest BCUT2D eigenvalue weighted by Crippen LogP contribution is 2.18. The van der Waals surface area contributed by atoms with Crippen LogP contribution in [-0.4, -0.2) is 22.1 Å². The van der Waals surface area contributed by atoms with Gasteiger partial charge in [0, 0.05) is 10.2 Å². The molecule has 0 atom stereocenters. The molecule has 0 radical (unpaired) electrons. The van der Waals surface area contributed by atoms with Crippen molar-refractivity contribution in [1.29, 1.82) is 0 Å². The lowest BCUT2D eigenvalue weighted by Crippen LogP contribution is -2.34. The third-order valence-corrected chi connectivity index (χ3v) is 3.97. The standard InChI is InChI=1S/C16H13BrN2O3S/c1-9-6-7-10(15(21)22)8-13(9)18-16(23)19-14(20)11-4-2-3-5-12(11)17/h2-8H,1H3,(H,21,22)(H2,18,19,20,23). The fourth-order valence-electron chi connectivity index (χ4n) is 1.86. The van der Waals surface area contributed by atoms with Gasteiger partial charge < -0.3 is 10.4 Å². The highest BCUT2D eigenvalue weighted by atomic mass is 79.9. The maximum atomic E-state index is 12.2. The second-order valence-corrected chi connectivity index (χ2v) is 5.99. The zero-order valence-corrected chi connectivity index (χ0v) is 14.5. The van der Waals surface area contributed by atoms with E-state index in [-0.39, 0.29) is 16.6 Å². The van der Waals surface area contributed by atoms with Crippen LogP contribution in [0.5, 0.6) is 0 Å². The van der Waals surface area contributed by atoms with E-state index in [0.717, 1.165) is 5.56 Å². The molecule has 0 unspecified atom stereocenters. The smallest absolute Gasteiger partial charge is 0.335 e. The van der Waals surface area contributed by atoms with Gasteiger partial charge in [-0.3, -0.25) is 10.1 Å². The van der Waals surface area contributed by atoms with E-state index in [2.05, 4.69) is 26.6 Å². The van der Waals surface area contributed by atoms with Crippen LogP contribution in [0.4, 0.5) is 5.69 Å². The van der Waals surface area contributed by atoms with E-state index in [1.807, 2.05) is 6.92 Å². The van der Waals surface area contributed by atoms with Crippen LogP contribution in [0, 0.1) is 6.92 Å². The van der Waals surface area contributed by atoms with Crippen LogP contribution in [0.15, 0.2) is 46.9 Å². The van der Waals surface area contributed by atoms with Gasteiger partial charge in [0.15, 0.2) is 5.11 Å². The molecule has 0 saturated heterocycles. The second kappa shape index (κ2) is 7.34. The first kappa shape index (κ1) is 17.1. The van der Waals surface area contributed by atoms with Crippen LogP contribution in [0.2, 0.25) is 0 Å². The maximum absolute atomic E-state index is 12.2. The van der Waals surface area contributed by atoms with E-state index in [1.54, 1.807) is 30.3 Å². The lowest BCUT2D eigenvalue weighted by Gasteiger charge is -2.13. The number of aromatic carboxylic acids is 1. The summed E-state index contributed by atoms with van der Waals surface area (Å²) >= 11 is 8.42. The summed E-state index contributed by atoms with van der Waals surface area (Å²) in [6.07, 6.45) is 0. The predicted octanol–water partition coefficient (Wildman–Crippen LogP) is 3.58. The molecule has 0 heterocycles. The minimum Gasteiger partial charge on any atom is -0.478 e. The SMILES string of the molecule is Cc1ccc(C(=O)O)cc1NC(=S)NC(=O)c1ccccc1Br. The number of halogens is 1. The molecule has 3 N–H and O–H groups in total. The number of rotatable bonds is 3. The number of hydrogen-bond donors (Lipinski definition) is 3. The van der Waals surface area contributed by atoms with Crippen LogP contribution in [0.1, 0.15) is 26.3 Å². The highest BCUT2D eigenvalue weighted by molar-refractivity contribution is 9.10. The Morgan fingerprint density at radius 3 is 2.52 bits per heavy atom. The molecule has 7 heteroatoms. The number of nitrogens with one attached hydrogen (secondary N) is 2. The lowest BCUT2D eigenvalue weighted by molar-refractivity contribution is 0.0696. The van der Waals surface area contributed by atoms with E-state index in [9.17, 15) is 9.59 Å². The summed E-state index contributed by atoms with van der Waals surface area (Å²) in [5.41, 5.74) is 1.93. The molecular formula is C16H13BrN2O3S. The first-order chi connectivity index (χ1) is 10.9. The third kappa shape index (κ3) is 4.37. The van der Waals surface area contributed by atoms with Gasteiger partial charge in [-0.15, -0.1) is 0 Å². The van der Waals surface area contributed by atoms with Crippen LogP contribution < -0.4 is 10.6 Å². The predicted molar refractivity (Wildman–Crippen MR) is 96.0 cm³/mol. The van der Waals surface area contributed by atoms with Crippen LogP contribution in [0.3, 0.4) is 0 Å². The third-order valence-electron chi connectivity index (χ3n) is 3.08. The molecule has 0 aliphatic heterocycles. The van der Waals surface area contributed by atoms with Gasteiger partial charge in [0.2, 0.25) is 0 Å². The zero-order valence-electron chi connectivity index (χ0n) is 12.1. The van der Waals surface area contributed by atoms with Gasteiger partial charge in [0.1, 0.15) is 0 Å². The number of hydrogen-bond acceptors (Lipinski definition) is 3. The average molecular weight is 393 g/mol. The number of carbonyl (C=O) groups excluding carboxylic acids is 1. The Morgan fingerprint density at radius 1 is 1.17 bits per heavy atom. The minimum atomic E-state index is -1.03. The molecule has 0 aliphatic rings. The van der Waals surface area contributed by atoms with Crippen molar-refractivity contribution < 1.29 is 14.7 Å². The largest absolute Gasteiger partial charge is 0.478 e. The summed E-state index contributed by atoms with van der Waals surface area (Å²) in [5, 5.41) is 14.5. The quantitative estimate of drug-likeness (QED) is 0.695. The molecule has 0 aliphatic carbocycles. The zero-order chi connectivity index (χ0) is 17.0. The number of carboxylic acid groups (broad SMARTS) is 1. The molecule has 2 aromatic carbocycles. The lowest BCUT2D eigenvalue weighted by atomic mass is 10.1. The second-order valence-electron chi connectivity index (χ2n) is 4.72. The number of carbonyl (C=O) groups is 2. The first-order valence-electron chi connectivity index (χ1n) is 6.59. The van der Waals surface area contributed by atoms with E-state index in [1.165, 1.54) is 12.1 Å². The Balaban J connectivity index is 2.11. The number of aryl methyl sites for hydroxylation is 1. The summed E-state index contributed by atoms with van der Waals surface area (Å²) in [6, 6.07) is 11.6. The molecule has 0 bridgehead atoms. The van der Waals surface area contributed by atoms with Crippen LogP contribution in [-0.2, 0) is 0 Å². The van der Waals surface area contributed by atoms with Crippen molar-refractivity contribution in [2.24, 2.45) is 0 Å². The van der Waals surface area contributed by atoms with Crippen LogP contribution >= 0.6 is 28.1 Å². The normalized spacial score (nSPS) is 10.0. The van der Waals surface area contributed by atoms with E-state index < -0.39 is 5.97 Å². The van der Waals surface area contributed by atoms with Gasteiger partial charge in [-0.05, 0) is 64.9 Å². The fourth-order valence-corrected chi connectivity index (χ4v) is 2.53. The maximum Gasteiger partial charge on any atom is 0.335 e. The van der Waals surface area contributed by atoms with Gasteiger partial charge >= 0.3 is 5.97 Å². The monoisotopic (exact) mass is 392 g/mol. The van der Waals surface area contributed by atoms with Gasteiger partial charge in [-0.2, -0.15) is 0 Å². The molecule has 0 saturated carbocycles. The Labute approximate surface area is 146 Å². The van der Waals surface area contributed by atoms with Crippen molar-refractivity contribution in [2.45, 2.75) is 6.92 Å². The van der Waals surface area contributed by atoms with E-state index in [4.69, 9.17) is 17.3 Å². The molecule has 118 valence electrons.